The van der Waals surface area contributed by atoms with Crippen LogP contribution in [0.2, 0.25) is 0 Å². The van der Waals surface area contributed by atoms with Gasteiger partial charge in [0.05, 0.1) is 19.4 Å². The number of rotatable bonds is 6. The predicted octanol–water partition coefficient (Wildman–Crippen LogP) is 1.15. The zero-order valence-corrected chi connectivity index (χ0v) is 11.7. The number of ether oxygens (including phenoxy) is 2. The molecular weight excluding hydrogens is 276 g/mol. The topological polar surface area (TPSA) is 97.8 Å². The summed E-state index contributed by atoms with van der Waals surface area (Å²) >= 11 is 0. The first-order valence-corrected chi connectivity index (χ1v) is 6.12. The standard InChI is InChI=1S/C14H16N2O5/c1-3-21-13(18)10(11-6-4-5-7-15-11)8-16-12(9-17)14(19)20-2/h4-9,16-17H,3H2,1-2H3/b10-8+,12-9-. The number of hydrogen-bond donors (Lipinski definition) is 2. The Morgan fingerprint density at radius 2 is 2.14 bits per heavy atom. The molecule has 0 atom stereocenters. The third-order valence-electron chi connectivity index (χ3n) is 2.34. The minimum Gasteiger partial charge on any atom is -0.513 e. The number of carbonyl (C=O) groups excluding carboxylic acids is 2. The minimum atomic E-state index is -0.780. The molecule has 0 aromatic carbocycles. The number of carbonyl (C=O) groups is 2. The SMILES string of the molecule is CCOC(=O)/C(=C/N/C(=C\O)C(=O)OC)c1ccccn1. The number of pyridine rings is 1. The molecule has 0 unspecified atom stereocenters. The summed E-state index contributed by atoms with van der Waals surface area (Å²) in [6, 6.07) is 5.02. The van der Waals surface area contributed by atoms with E-state index in [9.17, 15) is 9.59 Å². The summed E-state index contributed by atoms with van der Waals surface area (Å²) in [6.07, 6.45) is 3.29. The smallest absolute Gasteiger partial charge is 0.357 e. The number of nitrogens with one attached hydrogen (secondary N) is 1. The molecule has 0 fully saturated rings. The highest BCUT2D eigenvalue weighted by atomic mass is 16.5. The number of methoxy groups -OCH3 is 1. The normalized spacial score (nSPS) is 11.7. The number of aliphatic hydroxyl groups excluding tert-OH is 1. The zero-order valence-electron chi connectivity index (χ0n) is 11.7. The maximum absolute atomic E-state index is 11.9. The van der Waals surface area contributed by atoms with E-state index in [1.165, 1.54) is 19.5 Å². The van der Waals surface area contributed by atoms with Crippen LogP contribution in [0.1, 0.15) is 12.6 Å². The van der Waals surface area contributed by atoms with Crippen LogP contribution in [0.3, 0.4) is 0 Å². The Bertz CT molecular complexity index is 552. The lowest BCUT2D eigenvalue weighted by Gasteiger charge is -2.08. The van der Waals surface area contributed by atoms with Gasteiger partial charge in [-0.05, 0) is 19.1 Å². The highest BCUT2D eigenvalue weighted by molar-refractivity contribution is 6.15. The van der Waals surface area contributed by atoms with Crippen LogP contribution in [0.4, 0.5) is 0 Å². The first-order valence-electron chi connectivity index (χ1n) is 6.12. The van der Waals surface area contributed by atoms with Gasteiger partial charge in [-0.15, -0.1) is 0 Å². The Kier molecular flexibility index (Phi) is 6.46. The number of aromatic nitrogens is 1. The van der Waals surface area contributed by atoms with Gasteiger partial charge in [-0.3, -0.25) is 4.98 Å². The summed E-state index contributed by atoms with van der Waals surface area (Å²) in [5.74, 6) is -1.39. The molecule has 2 N–H and O–H groups in total. The van der Waals surface area contributed by atoms with Crippen LogP contribution in [0.15, 0.2) is 42.6 Å². The molecule has 7 nitrogen and oxygen atoms in total. The van der Waals surface area contributed by atoms with Crippen LogP contribution in [0, 0.1) is 0 Å². The molecule has 1 rings (SSSR count). The van der Waals surface area contributed by atoms with Gasteiger partial charge in [0.25, 0.3) is 0 Å². The van der Waals surface area contributed by atoms with Gasteiger partial charge in [-0.1, -0.05) is 6.07 Å². The quantitative estimate of drug-likeness (QED) is 0.461. The summed E-state index contributed by atoms with van der Waals surface area (Å²) in [5, 5.41) is 11.5. The first-order chi connectivity index (χ1) is 10.1. The van der Waals surface area contributed by atoms with Gasteiger partial charge < -0.3 is 19.9 Å². The van der Waals surface area contributed by atoms with E-state index in [0.29, 0.717) is 12.0 Å². The van der Waals surface area contributed by atoms with Gasteiger partial charge in [0.15, 0.2) is 5.70 Å². The van der Waals surface area contributed by atoms with E-state index in [-0.39, 0.29) is 17.9 Å². The van der Waals surface area contributed by atoms with Crippen LogP contribution in [-0.2, 0) is 19.1 Å². The highest BCUT2D eigenvalue weighted by Crippen LogP contribution is 2.12. The fraction of sp³-hybridized carbons (Fsp3) is 0.214. The molecule has 7 heteroatoms. The zero-order chi connectivity index (χ0) is 15.7. The Labute approximate surface area is 121 Å². The Morgan fingerprint density at radius 1 is 1.38 bits per heavy atom. The molecule has 0 aliphatic heterocycles. The molecule has 0 saturated heterocycles. The molecule has 0 aliphatic rings. The molecule has 0 aliphatic carbocycles. The van der Waals surface area contributed by atoms with Gasteiger partial charge in [-0.2, -0.15) is 0 Å². The van der Waals surface area contributed by atoms with Crippen LogP contribution >= 0.6 is 0 Å². The van der Waals surface area contributed by atoms with Crippen LogP contribution in [0.25, 0.3) is 5.57 Å². The predicted molar refractivity (Wildman–Crippen MR) is 74.7 cm³/mol. The second kappa shape index (κ2) is 8.36. The first kappa shape index (κ1) is 16.2. The van der Waals surface area contributed by atoms with Gasteiger partial charge in [0, 0.05) is 12.4 Å². The fourth-order valence-corrected chi connectivity index (χ4v) is 1.38. The van der Waals surface area contributed by atoms with E-state index in [0.717, 1.165) is 0 Å². The maximum atomic E-state index is 11.9. The molecule has 1 aromatic rings. The molecule has 0 spiro atoms. The van der Waals surface area contributed by atoms with Crippen molar-refractivity contribution >= 4 is 17.5 Å². The van der Waals surface area contributed by atoms with E-state index in [2.05, 4.69) is 15.0 Å². The maximum Gasteiger partial charge on any atom is 0.357 e. The lowest BCUT2D eigenvalue weighted by atomic mass is 10.2. The van der Waals surface area contributed by atoms with Crippen molar-refractivity contribution in [1.29, 1.82) is 0 Å². The van der Waals surface area contributed by atoms with E-state index in [1.807, 2.05) is 0 Å². The molecular formula is C14H16N2O5. The third kappa shape index (κ3) is 4.64. The lowest BCUT2D eigenvalue weighted by molar-refractivity contribution is -0.137. The molecule has 21 heavy (non-hydrogen) atoms. The summed E-state index contributed by atoms with van der Waals surface area (Å²) in [6.45, 7) is 1.87. The number of esters is 2. The second-order valence-corrected chi connectivity index (χ2v) is 3.67. The van der Waals surface area contributed by atoms with E-state index < -0.39 is 11.9 Å². The highest BCUT2D eigenvalue weighted by Gasteiger charge is 2.16. The summed E-state index contributed by atoms with van der Waals surface area (Å²) in [4.78, 5) is 27.3. The van der Waals surface area contributed by atoms with Crippen molar-refractivity contribution in [3.63, 3.8) is 0 Å². The van der Waals surface area contributed by atoms with Gasteiger partial charge >= 0.3 is 11.9 Å². The molecule has 0 saturated carbocycles. The summed E-state index contributed by atoms with van der Waals surface area (Å²) in [7, 11) is 1.17. The molecule has 112 valence electrons. The summed E-state index contributed by atoms with van der Waals surface area (Å²) < 4.78 is 9.38. The molecule has 0 radical (unpaired) electrons. The lowest BCUT2D eigenvalue weighted by Crippen LogP contribution is -2.19. The number of nitrogens with zero attached hydrogens (tertiary/aromatic N) is 1. The summed E-state index contributed by atoms with van der Waals surface area (Å²) in [5.41, 5.74) is 0.251. The Balaban J connectivity index is 3.04. The average molecular weight is 292 g/mol. The van der Waals surface area contributed by atoms with Crippen LogP contribution < -0.4 is 5.32 Å². The minimum absolute atomic E-state index is 0.112. The fourth-order valence-electron chi connectivity index (χ4n) is 1.38. The third-order valence-corrected chi connectivity index (χ3v) is 2.34. The van der Waals surface area contributed by atoms with Crippen molar-refractivity contribution in [2.45, 2.75) is 6.92 Å². The molecule has 0 amide bonds. The van der Waals surface area contributed by atoms with Gasteiger partial charge in [-0.25, -0.2) is 9.59 Å². The largest absolute Gasteiger partial charge is 0.513 e. The molecule has 0 bridgehead atoms. The van der Waals surface area contributed by atoms with Crippen LogP contribution in [0.5, 0.6) is 0 Å². The van der Waals surface area contributed by atoms with Crippen molar-refractivity contribution in [2.75, 3.05) is 13.7 Å². The van der Waals surface area contributed by atoms with E-state index >= 15 is 0 Å². The number of aliphatic hydroxyl groups is 1. The van der Waals surface area contributed by atoms with Crippen molar-refractivity contribution in [2.24, 2.45) is 0 Å². The van der Waals surface area contributed by atoms with Crippen molar-refractivity contribution < 1.29 is 24.2 Å². The van der Waals surface area contributed by atoms with Crippen LogP contribution in [-0.4, -0.2) is 35.7 Å². The van der Waals surface area contributed by atoms with Crippen molar-refractivity contribution in [3.05, 3.63) is 48.2 Å². The van der Waals surface area contributed by atoms with E-state index in [4.69, 9.17) is 9.84 Å². The Hall–Kier alpha value is -2.83. The van der Waals surface area contributed by atoms with Gasteiger partial charge in [0.1, 0.15) is 11.8 Å². The second-order valence-electron chi connectivity index (χ2n) is 3.67. The Morgan fingerprint density at radius 3 is 2.67 bits per heavy atom. The average Bonchev–Trinajstić information content (AvgIpc) is 2.52. The van der Waals surface area contributed by atoms with Gasteiger partial charge in [0.2, 0.25) is 0 Å². The molecule has 1 aromatic heterocycles. The molecule has 1 heterocycles. The monoisotopic (exact) mass is 292 g/mol. The number of hydrogen-bond acceptors (Lipinski definition) is 7. The van der Waals surface area contributed by atoms with E-state index in [1.54, 1.807) is 25.1 Å². The van der Waals surface area contributed by atoms with Crippen molar-refractivity contribution in [1.82, 2.24) is 10.3 Å². The van der Waals surface area contributed by atoms with Crippen molar-refractivity contribution in [3.8, 4) is 0 Å².